The van der Waals surface area contributed by atoms with Gasteiger partial charge in [-0.05, 0) is 65.2 Å². The zero-order valence-electron chi connectivity index (χ0n) is 22.9. The molecule has 1 N–H and O–H groups in total. The van der Waals surface area contributed by atoms with E-state index in [9.17, 15) is 18.0 Å². The van der Waals surface area contributed by atoms with Crippen LogP contribution in [-0.2, 0) is 26.0 Å². The number of hydrogen-bond donors (Lipinski definition) is 1. The van der Waals surface area contributed by atoms with Crippen LogP contribution in [0.1, 0.15) is 53.0 Å². The summed E-state index contributed by atoms with van der Waals surface area (Å²) < 4.78 is 32.1. The van der Waals surface area contributed by atoms with Crippen molar-refractivity contribution in [3.8, 4) is 5.75 Å². The molecule has 2 amide bonds. The van der Waals surface area contributed by atoms with Crippen molar-refractivity contribution in [3.63, 3.8) is 0 Å². The maximum atomic E-state index is 13.4. The van der Waals surface area contributed by atoms with Crippen LogP contribution >= 0.6 is 0 Å². The van der Waals surface area contributed by atoms with E-state index in [1.807, 2.05) is 58.0 Å². The van der Waals surface area contributed by atoms with Gasteiger partial charge >= 0.3 is 0 Å². The average Bonchev–Trinajstić information content (AvgIpc) is 2.81. The van der Waals surface area contributed by atoms with Gasteiger partial charge in [-0.1, -0.05) is 42.5 Å². The van der Waals surface area contributed by atoms with Crippen molar-refractivity contribution in [3.05, 3.63) is 60.2 Å². The molecule has 37 heavy (non-hydrogen) atoms. The molecule has 0 aliphatic heterocycles. The van der Waals surface area contributed by atoms with Crippen LogP contribution in [0.5, 0.6) is 5.75 Å². The van der Waals surface area contributed by atoms with Crippen molar-refractivity contribution >= 4 is 27.5 Å². The van der Waals surface area contributed by atoms with E-state index >= 15 is 0 Å². The van der Waals surface area contributed by atoms with Crippen molar-refractivity contribution < 1.29 is 22.7 Å². The van der Waals surface area contributed by atoms with Crippen molar-refractivity contribution in [1.82, 2.24) is 10.2 Å². The lowest BCUT2D eigenvalue weighted by atomic mass is 10.1. The molecule has 2 rings (SSSR count). The van der Waals surface area contributed by atoms with Gasteiger partial charge in [0.05, 0.1) is 18.6 Å². The molecule has 0 aromatic heterocycles. The first kappa shape index (κ1) is 30.2. The predicted molar refractivity (Wildman–Crippen MR) is 148 cm³/mol. The molecule has 1 atom stereocenters. The number of para-hydroxylation sites is 2. The zero-order chi connectivity index (χ0) is 27.6. The summed E-state index contributed by atoms with van der Waals surface area (Å²) in [4.78, 5) is 27.9. The lowest BCUT2D eigenvalue weighted by molar-refractivity contribution is -0.140. The highest BCUT2D eigenvalue weighted by Crippen LogP contribution is 2.30. The molecule has 0 saturated heterocycles. The molecule has 2 aromatic rings. The molecule has 2 aromatic carbocycles. The standard InChI is InChI=1S/C28H41N3O5S/c1-7-36-25-17-12-11-16-24(25)31(37(6,34)35)20-13-18-26(32)30(21-19-23-14-9-8-10-15-23)22(2)27(33)29-28(3,4)5/h8-12,14-17,22H,7,13,18-21H2,1-6H3,(H,29,33)/t22-/m0/s1. The quantitative estimate of drug-likeness (QED) is 0.421. The Morgan fingerprint density at radius 1 is 1.00 bits per heavy atom. The zero-order valence-corrected chi connectivity index (χ0v) is 23.7. The minimum absolute atomic E-state index is 0.102. The van der Waals surface area contributed by atoms with Crippen LogP contribution in [0.2, 0.25) is 0 Å². The van der Waals surface area contributed by atoms with E-state index in [0.29, 0.717) is 37.4 Å². The van der Waals surface area contributed by atoms with Gasteiger partial charge in [0.15, 0.2) is 0 Å². The number of benzene rings is 2. The average molecular weight is 532 g/mol. The van der Waals surface area contributed by atoms with Crippen LogP contribution in [-0.4, -0.2) is 62.7 Å². The summed E-state index contributed by atoms with van der Waals surface area (Å²) in [6.07, 6.45) is 2.14. The summed E-state index contributed by atoms with van der Waals surface area (Å²) in [6, 6.07) is 16.1. The molecule has 0 unspecified atom stereocenters. The minimum Gasteiger partial charge on any atom is -0.492 e. The van der Waals surface area contributed by atoms with Crippen LogP contribution in [0.15, 0.2) is 54.6 Å². The van der Waals surface area contributed by atoms with Gasteiger partial charge in [-0.3, -0.25) is 13.9 Å². The number of carbonyl (C=O) groups is 2. The highest BCUT2D eigenvalue weighted by molar-refractivity contribution is 7.92. The highest BCUT2D eigenvalue weighted by atomic mass is 32.2. The third-order valence-electron chi connectivity index (χ3n) is 5.74. The summed E-state index contributed by atoms with van der Waals surface area (Å²) >= 11 is 0. The summed E-state index contributed by atoms with van der Waals surface area (Å²) in [7, 11) is -3.61. The fourth-order valence-corrected chi connectivity index (χ4v) is 4.94. The second-order valence-corrected chi connectivity index (χ2v) is 12.0. The Morgan fingerprint density at radius 3 is 2.22 bits per heavy atom. The van der Waals surface area contributed by atoms with Gasteiger partial charge in [-0.15, -0.1) is 0 Å². The molecule has 0 spiro atoms. The van der Waals surface area contributed by atoms with E-state index in [0.717, 1.165) is 11.8 Å². The molecule has 204 valence electrons. The Bertz CT molecular complexity index is 1130. The summed E-state index contributed by atoms with van der Waals surface area (Å²) in [5, 5.41) is 2.95. The number of nitrogens with zero attached hydrogens (tertiary/aromatic N) is 2. The molecule has 0 radical (unpaired) electrons. The van der Waals surface area contributed by atoms with Gasteiger partial charge in [0, 0.05) is 25.0 Å². The monoisotopic (exact) mass is 531 g/mol. The van der Waals surface area contributed by atoms with Crippen LogP contribution in [0, 0.1) is 0 Å². The van der Waals surface area contributed by atoms with Crippen LogP contribution < -0.4 is 14.4 Å². The van der Waals surface area contributed by atoms with Crippen LogP contribution in [0.25, 0.3) is 0 Å². The lowest BCUT2D eigenvalue weighted by Crippen LogP contribution is -2.53. The van der Waals surface area contributed by atoms with E-state index in [-0.39, 0.29) is 24.8 Å². The fraction of sp³-hybridized carbons (Fsp3) is 0.500. The number of nitrogens with one attached hydrogen (secondary N) is 1. The Kier molecular flexibility index (Phi) is 11.0. The van der Waals surface area contributed by atoms with E-state index in [4.69, 9.17) is 4.74 Å². The van der Waals surface area contributed by atoms with E-state index in [1.54, 1.807) is 36.1 Å². The molecule has 8 nitrogen and oxygen atoms in total. The van der Waals surface area contributed by atoms with E-state index in [2.05, 4.69) is 5.32 Å². The van der Waals surface area contributed by atoms with Crippen LogP contribution in [0.4, 0.5) is 5.69 Å². The van der Waals surface area contributed by atoms with Crippen molar-refractivity contribution in [1.29, 1.82) is 0 Å². The Balaban J connectivity index is 2.17. The van der Waals surface area contributed by atoms with Crippen molar-refractivity contribution in [2.75, 3.05) is 30.3 Å². The van der Waals surface area contributed by atoms with Gasteiger partial charge in [-0.2, -0.15) is 0 Å². The fourth-order valence-electron chi connectivity index (χ4n) is 3.97. The van der Waals surface area contributed by atoms with Gasteiger partial charge in [0.2, 0.25) is 21.8 Å². The smallest absolute Gasteiger partial charge is 0.242 e. The van der Waals surface area contributed by atoms with Gasteiger partial charge in [0.1, 0.15) is 11.8 Å². The number of amides is 2. The maximum Gasteiger partial charge on any atom is 0.242 e. The molecule has 0 heterocycles. The van der Waals surface area contributed by atoms with Crippen molar-refractivity contribution in [2.24, 2.45) is 0 Å². The second-order valence-electron chi connectivity index (χ2n) is 10.1. The van der Waals surface area contributed by atoms with E-state index < -0.39 is 21.6 Å². The molecule has 0 fully saturated rings. The van der Waals surface area contributed by atoms with Crippen molar-refractivity contribution in [2.45, 2.75) is 65.5 Å². The Hall–Kier alpha value is -3.07. The first-order chi connectivity index (χ1) is 17.3. The largest absolute Gasteiger partial charge is 0.492 e. The molecular weight excluding hydrogens is 490 g/mol. The predicted octanol–water partition coefficient (Wildman–Crippen LogP) is 4.01. The molecule has 0 aliphatic carbocycles. The minimum atomic E-state index is -3.61. The maximum absolute atomic E-state index is 13.4. The highest BCUT2D eigenvalue weighted by Gasteiger charge is 2.28. The Labute approximate surface area is 222 Å². The number of sulfonamides is 1. The number of anilines is 1. The SMILES string of the molecule is CCOc1ccccc1N(CCCC(=O)N(CCc1ccccc1)[C@@H](C)C(=O)NC(C)(C)C)S(C)(=O)=O. The summed E-state index contributed by atoms with van der Waals surface area (Å²) in [5.74, 6) is 0.0510. The third-order valence-corrected chi connectivity index (χ3v) is 6.92. The molecule has 0 aliphatic rings. The normalized spacial score (nSPS) is 12.5. The topological polar surface area (TPSA) is 96.0 Å². The molecule has 0 bridgehead atoms. The lowest BCUT2D eigenvalue weighted by Gasteiger charge is -2.32. The van der Waals surface area contributed by atoms with Gasteiger partial charge in [-0.25, -0.2) is 8.42 Å². The first-order valence-electron chi connectivity index (χ1n) is 12.7. The first-order valence-corrected chi connectivity index (χ1v) is 14.5. The van der Waals surface area contributed by atoms with Crippen LogP contribution in [0.3, 0.4) is 0 Å². The van der Waals surface area contributed by atoms with Gasteiger partial charge < -0.3 is 15.0 Å². The number of hydrogen-bond acceptors (Lipinski definition) is 5. The summed E-state index contributed by atoms with van der Waals surface area (Å²) in [6.45, 7) is 10.1. The third kappa shape index (κ3) is 9.72. The second kappa shape index (κ2) is 13.5. The molecule has 9 heteroatoms. The Morgan fingerprint density at radius 2 is 1.62 bits per heavy atom. The number of rotatable bonds is 13. The molecule has 0 saturated carbocycles. The van der Waals surface area contributed by atoms with E-state index in [1.165, 1.54) is 4.31 Å². The summed E-state index contributed by atoms with van der Waals surface area (Å²) in [5.41, 5.74) is 1.08. The number of ether oxygens (including phenoxy) is 1. The molecular formula is C28H41N3O5S. The number of carbonyl (C=O) groups excluding carboxylic acids is 2. The van der Waals surface area contributed by atoms with Gasteiger partial charge in [0.25, 0.3) is 0 Å².